The predicted molar refractivity (Wildman–Crippen MR) is 75.1 cm³/mol. The fraction of sp³-hybridized carbons (Fsp3) is 0.308. The largest absolute Gasteiger partial charge is 0.308 e. The smallest absolute Gasteiger partial charge is 0.133 e. The van der Waals surface area contributed by atoms with Crippen LogP contribution in [0.3, 0.4) is 0 Å². The minimum Gasteiger partial charge on any atom is -0.308 e. The maximum atomic E-state index is 13.8. The number of nitrogens with zero attached hydrogens (tertiary/aromatic N) is 1. The van der Waals surface area contributed by atoms with Gasteiger partial charge in [0.05, 0.1) is 5.69 Å². The minimum absolute atomic E-state index is 0.239. The van der Waals surface area contributed by atoms with Gasteiger partial charge in [-0.05, 0) is 31.0 Å². The number of benzene rings is 1. The molecular weight excluding hydrogens is 315 g/mol. The summed E-state index contributed by atoms with van der Waals surface area (Å²) in [6.07, 6.45) is 2.53. The molecule has 0 bridgehead atoms. The Morgan fingerprint density at radius 2 is 2.28 bits per heavy atom. The molecule has 3 rings (SSSR count). The van der Waals surface area contributed by atoms with Crippen molar-refractivity contribution in [3.8, 4) is 11.3 Å². The van der Waals surface area contributed by atoms with Crippen LogP contribution in [0.25, 0.3) is 11.3 Å². The summed E-state index contributed by atoms with van der Waals surface area (Å²) >= 11 is 4.83. The van der Waals surface area contributed by atoms with Crippen molar-refractivity contribution in [3.63, 3.8) is 0 Å². The van der Waals surface area contributed by atoms with Crippen LogP contribution in [0.5, 0.6) is 0 Å². The molecular formula is C13H12BrFN2S. The van der Waals surface area contributed by atoms with Gasteiger partial charge in [0, 0.05) is 28.0 Å². The number of aromatic nitrogens is 1. The lowest BCUT2D eigenvalue weighted by molar-refractivity contribution is 0.629. The summed E-state index contributed by atoms with van der Waals surface area (Å²) in [5.41, 5.74) is 1.28. The van der Waals surface area contributed by atoms with Gasteiger partial charge in [-0.3, -0.25) is 0 Å². The van der Waals surface area contributed by atoms with Crippen molar-refractivity contribution >= 4 is 27.3 Å². The van der Waals surface area contributed by atoms with Crippen molar-refractivity contribution in [1.29, 1.82) is 0 Å². The first-order chi connectivity index (χ1) is 8.72. The minimum atomic E-state index is -0.239. The van der Waals surface area contributed by atoms with Crippen molar-refractivity contribution in [2.75, 3.05) is 0 Å². The Bertz CT molecular complexity index is 566. The number of hydrogen-bond donors (Lipinski definition) is 1. The van der Waals surface area contributed by atoms with E-state index >= 15 is 0 Å². The molecule has 1 heterocycles. The Labute approximate surface area is 117 Å². The average Bonchev–Trinajstić information content (AvgIpc) is 3.05. The molecule has 1 aliphatic rings. The first kappa shape index (κ1) is 12.3. The van der Waals surface area contributed by atoms with Crippen molar-refractivity contribution in [3.05, 3.63) is 38.9 Å². The first-order valence-corrected chi connectivity index (χ1v) is 7.53. The van der Waals surface area contributed by atoms with Gasteiger partial charge in [-0.15, -0.1) is 11.3 Å². The molecule has 1 aromatic carbocycles. The van der Waals surface area contributed by atoms with Crippen LogP contribution in [0.4, 0.5) is 4.39 Å². The van der Waals surface area contributed by atoms with E-state index in [1.165, 1.54) is 18.9 Å². The molecule has 2 aromatic rings. The Hall–Kier alpha value is -0.780. The summed E-state index contributed by atoms with van der Waals surface area (Å²) in [5.74, 6) is -0.239. The summed E-state index contributed by atoms with van der Waals surface area (Å²) in [6, 6.07) is 5.73. The van der Waals surface area contributed by atoms with E-state index in [1.54, 1.807) is 17.4 Å². The fourth-order valence-corrected chi connectivity index (χ4v) is 2.81. The summed E-state index contributed by atoms with van der Waals surface area (Å²) in [7, 11) is 0. The second-order valence-corrected chi connectivity index (χ2v) is 6.26. The average molecular weight is 327 g/mol. The number of nitrogens with one attached hydrogen (secondary N) is 1. The second kappa shape index (κ2) is 5.07. The van der Waals surface area contributed by atoms with Crippen LogP contribution in [0.2, 0.25) is 0 Å². The second-order valence-electron chi connectivity index (χ2n) is 4.41. The van der Waals surface area contributed by atoms with Crippen molar-refractivity contribution < 1.29 is 4.39 Å². The molecule has 94 valence electrons. The lowest BCUT2D eigenvalue weighted by Gasteiger charge is -2.00. The van der Waals surface area contributed by atoms with Gasteiger partial charge in [0.2, 0.25) is 0 Å². The van der Waals surface area contributed by atoms with E-state index in [4.69, 9.17) is 0 Å². The number of rotatable bonds is 4. The van der Waals surface area contributed by atoms with Crippen molar-refractivity contribution in [1.82, 2.24) is 10.3 Å². The van der Waals surface area contributed by atoms with E-state index in [2.05, 4.69) is 26.2 Å². The highest BCUT2D eigenvalue weighted by Crippen LogP contribution is 2.27. The summed E-state index contributed by atoms with van der Waals surface area (Å²) in [4.78, 5) is 4.47. The van der Waals surface area contributed by atoms with Crippen molar-refractivity contribution in [2.45, 2.75) is 25.4 Å². The maximum absolute atomic E-state index is 13.8. The van der Waals surface area contributed by atoms with Crippen LogP contribution in [0.15, 0.2) is 28.1 Å². The molecule has 1 N–H and O–H groups in total. The Balaban J connectivity index is 1.78. The molecule has 1 saturated carbocycles. The molecule has 0 atom stereocenters. The first-order valence-electron chi connectivity index (χ1n) is 5.85. The van der Waals surface area contributed by atoms with E-state index in [9.17, 15) is 4.39 Å². The zero-order valence-corrected chi connectivity index (χ0v) is 12.0. The molecule has 0 radical (unpaired) electrons. The Morgan fingerprint density at radius 3 is 3.00 bits per heavy atom. The van der Waals surface area contributed by atoms with E-state index < -0.39 is 0 Å². The van der Waals surface area contributed by atoms with Crippen LogP contribution in [-0.4, -0.2) is 11.0 Å². The van der Waals surface area contributed by atoms with Gasteiger partial charge in [-0.2, -0.15) is 0 Å². The van der Waals surface area contributed by atoms with Gasteiger partial charge in [0.15, 0.2) is 0 Å². The van der Waals surface area contributed by atoms with E-state index in [1.807, 2.05) is 11.4 Å². The van der Waals surface area contributed by atoms with Crippen molar-refractivity contribution in [2.24, 2.45) is 0 Å². The summed E-state index contributed by atoms with van der Waals surface area (Å²) < 4.78 is 14.5. The molecule has 2 nitrogen and oxygen atoms in total. The van der Waals surface area contributed by atoms with Crippen LogP contribution < -0.4 is 5.32 Å². The van der Waals surface area contributed by atoms with Crippen LogP contribution in [-0.2, 0) is 6.54 Å². The number of thiazole rings is 1. The van der Waals surface area contributed by atoms with Gasteiger partial charge < -0.3 is 5.32 Å². The quantitative estimate of drug-likeness (QED) is 0.919. The van der Waals surface area contributed by atoms with Crippen LogP contribution in [0.1, 0.15) is 17.8 Å². The molecule has 5 heteroatoms. The number of halogens is 2. The topological polar surface area (TPSA) is 24.9 Å². The molecule has 0 unspecified atom stereocenters. The van der Waals surface area contributed by atoms with Crippen LogP contribution in [0, 0.1) is 5.82 Å². The molecule has 0 spiro atoms. The van der Waals surface area contributed by atoms with Crippen LogP contribution >= 0.6 is 27.3 Å². The van der Waals surface area contributed by atoms with Gasteiger partial charge >= 0.3 is 0 Å². The Kier molecular flexibility index (Phi) is 3.46. The Morgan fingerprint density at radius 1 is 1.44 bits per heavy atom. The monoisotopic (exact) mass is 326 g/mol. The zero-order valence-electron chi connectivity index (χ0n) is 9.62. The SMILES string of the molecule is Fc1cc(Br)ccc1-c1csc(CNC2CC2)n1. The molecule has 0 aliphatic heterocycles. The lowest BCUT2D eigenvalue weighted by atomic mass is 10.1. The summed E-state index contributed by atoms with van der Waals surface area (Å²) in [5, 5.41) is 6.33. The van der Waals surface area contributed by atoms with E-state index in [0.717, 1.165) is 21.7 Å². The van der Waals surface area contributed by atoms with E-state index in [-0.39, 0.29) is 5.82 Å². The molecule has 1 aromatic heterocycles. The lowest BCUT2D eigenvalue weighted by Crippen LogP contribution is -2.14. The third-order valence-corrected chi connectivity index (χ3v) is 4.22. The molecule has 0 amide bonds. The predicted octanol–water partition coefficient (Wildman–Crippen LogP) is 3.96. The normalized spacial score (nSPS) is 15.0. The van der Waals surface area contributed by atoms with E-state index in [0.29, 0.717) is 11.6 Å². The zero-order chi connectivity index (χ0) is 12.5. The highest BCUT2D eigenvalue weighted by Gasteiger charge is 2.20. The highest BCUT2D eigenvalue weighted by molar-refractivity contribution is 9.10. The third-order valence-electron chi connectivity index (χ3n) is 2.88. The molecule has 0 saturated heterocycles. The standard InChI is InChI=1S/C13H12BrFN2S/c14-8-1-4-10(11(15)5-8)12-7-18-13(17-12)6-16-9-2-3-9/h1,4-5,7,9,16H,2-3,6H2. The molecule has 1 aliphatic carbocycles. The molecule has 18 heavy (non-hydrogen) atoms. The summed E-state index contributed by atoms with van der Waals surface area (Å²) in [6.45, 7) is 0.785. The highest BCUT2D eigenvalue weighted by atomic mass is 79.9. The van der Waals surface area contributed by atoms with Gasteiger partial charge in [-0.25, -0.2) is 9.37 Å². The fourth-order valence-electron chi connectivity index (χ4n) is 1.73. The van der Waals surface area contributed by atoms with Gasteiger partial charge in [-0.1, -0.05) is 15.9 Å². The van der Waals surface area contributed by atoms with Gasteiger partial charge in [0.25, 0.3) is 0 Å². The third kappa shape index (κ3) is 2.79. The molecule has 1 fully saturated rings. The van der Waals surface area contributed by atoms with Gasteiger partial charge in [0.1, 0.15) is 10.8 Å². The number of hydrogen-bond acceptors (Lipinski definition) is 3. The maximum Gasteiger partial charge on any atom is 0.133 e.